The molecule has 2 aromatic heterocycles. The van der Waals surface area contributed by atoms with Crippen LogP contribution >= 0.6 is 11.3 Å². The van der Waals surface area contributed by atoms with Gasteiger partial charge >= 0.3 is 0 Å². The summed E-state index contributed by atoms with van der Waals surface area (Å²) in [4.78, 5) is 6.78. The lowest BCUT2D eigenvalue weighted by molar-refractivity contribution is 0.414. The van der Waals surface area contributed by atoms with Crippen LogP contribution in [0.2, 0.25) is 0 Å². The minimum atomic E-state index is 0.636. The van der Waals surface area contributed by atoms with Crippen molar-refractivity contribution >= 4 is 16.5 Å². The van der Waals surface area contributed by atoms with E-state index >= 15 is 0 Å². The van der Waals surface area contributed by atoms with E-state index in [0.29, 0.717) is 6.04 Å². The molecule has 0 amide bonds. The Bertz CT molecular complexity index is 497. The summed E-state index contributed by atoms with van der Waals surface area (Å²) in [7, 11) is 2.07. The van der Waals surface area contributed by atoms with Crippen LogP contribution in [0.1, 0.15) is 18.4 Å². The summed E-state index contributed by atoms with van der Waals surface area (Å²) < 4.78 is 2.10. The van der Waals surface area contributed by atoms with Crippen molar-refractivity contribution in [3.05, 3.63) is 35.6 Å². The molecule has 0 aromatic carbocycles. The lowest BCUT2D eigenvalue weighted by Crippen LogP contribution is -2.42. The van der Waals surface area contributed by atoms with Crippen molar-refractivity contribution in [2.24, 2.45) is 7.05 Å². The molecule has 0 bridgehead atoms. The van der Waals surface area contributed by atoms with Gasteiger partial charge in [0.25, 0.3) is 0 Å². The van der Waals surface area contributed by atoms with E-state index in [4.69, 9.17) is 0 Å². The van der Waals surface area contributed by atoms with Crippen LogP contribution in [0.3, 0.4) is 0 Å². The summed E-state index contributed by atoms with van der Waals surface area (Å²) in [5, 5.41) is 6.88. The molecule has 1 aliphatic heterocycles. The first-order chi connectivity index (χ1) is 9.31. The zero-order valence-corrected chi connectivity index (χ0v) is 12.1. The highest BCUT2D eigenvalue weighted by molar-refractivity contribution is 7.13. The molecule has 5 heteroatoms. The van der Waals surface area contributed by atoms with Gasteiger partial charge in [-0.25, -0.2) is 4.98 Å². The highest BCUT2D eigenvalue weighted by Gasteiger charge is 2.20. The van der Waals surface area contributed by atoms with Gasteiger partial charge in [0, 0.05) is 56.7 Å². The fourth-order valence-electron chi connectivity index (χ4n) is 2.57. The summed E-state index contributed by atoms with van der Waals surface area (Å²) in [6.07, 6.45) is 8.57. The Kier molecular flexibility index (Phi) is 3.84. The van der Waals surface area contributed by atoms with E-state index in [2.05, 4.69) is 50.7 Å². The van der Waals surface area contributed by atoms with Crippen molar-refractivity contribution in [3.63, 3.8) is 0 Å². The number of hydrogen-bond acceptors (Lipinski definition) is 4. The molecule has 3 heterocycles. The van der Waals surface area contributed by atoms with Gasteiger partial charge in [-0.3, -0.25) is 0 Å². The average molecular weight is 276 g/mol. The van der Waals surface area contributed by atoms with Crippen LogP contribution in [-0.4, -0.2) is 28.7 Å². The molecule has 0 spiro atoms. The summed E-state index contributed by atoms with van der Waals surface area (Å²) in [5.41, 5.74) is 1.37. The van der Waals surface area contributed by atoms with Gasteiger partial charge in [-0.2, -0.15) is 0 Å². The Labute approximate surface area is 118 Å². The lowest BCUT2D eigenvalue weighted by Gasteiger charge is -2.32. The van der Waals surface area contributed by atoms with Crippen LogP contribution in [0, 0.1) is 0 Å². The highest BCUT2D eigenvalue weighted by Crippen LogP contribution is 2.22. The summed E-state index contributed by atoms with van der Waals surface area (Å²) in [6.45, 7) is 3.20. The van der Waals surface area contributed by atoms with Gasteiger partial charge < -0.3 is 14.8 Å². The number of rotatable bonds is 4. The second-order valence-corrected chi connectivity index (χ2v) is 6.02. The summed E-state index contributed by atoms with van der Waals surface area (Å²) >= 11 is 1.74. The molecular weight excluding hydrogens is 256 g/mol. The van der Waals surface area contributed by atoms with E-state index < -0.39 is 0 Å². The Morgan fingerprint density at radius 2 is 2.26 bits per heavy atom. The Morgan fingerprint density at radius 1 is 1.42 bits per heavy atom. The van der Waals surface area contributed by atoms with Crippen molar-refractivity contribution in [2.45, 2.75) is 25.4 Å². The second kappa shape index (κ2) is 5.75. The van der Waals surface area contributed by atoms with Crippen LogP contribution in [0.25, 0.3) is 0 Å². The van der Waals surface area contributed by atoms with Crippen molar-refractivity contribution in [3.8, 4) is 0 Å². The molecule has 1 N–H and O–H groups in total. The molecule has 2 aromatic rings. The molecule has 0 aliphatic carbocycles. The number of anilines is 1. The summed E-state index contributed by atoms with van der Waals surface area (Å²) in [5.74, 6) is 0. The molecule has 4 nitrogen and oxygen atoms in total. The number of thiazole rings is 1. The average Bonchev–Trinajstić information content (AvgIpc) is 3.08. The molecule has 0 saturated carbocycles. The molecule has 0 radical (unpaired) electrons. The Balaban J connectivity index is 1.45. The van der Waals surface area contributed by atoms with Gasteiger partial charge in [-0.05, 0) is 24.5 Å². The van der Waals surface area contributed by atoms with Crippen LogP contribution in [0.4, 0.5) is 5.13 Å². The fourth-order valence-corrected chi connectivity index (χ4v) is 3.27. The third-order valence-corrected chi connectivity index (χ3v) is 4.51. The smallest absolute Gasteiger partial charge is 0.185 e. The Hall–Kier alpha value is -1.33. The van der Waals surface area contributed by atoms with Crippen molar-refractivity contribution in [2.75, 3.05) is 18.0 Å². The predicted molar refractivity (Wildman–Crippen MR) is 79.6 cm³/mol. The maximum absolute atomic E-state index is 4.38. The quantitative estimate of drug-likeness (QED) is 0.929. The minimum Gasteiger partial charge on any atom is -0.357 e. The predicted octanol–water partition coefficient (Wildman–Crippen LogP) is 2.24. The van der Waals surface area contributed by atoms with Crippen LogP contribution in [0.15, 0.2) is 30.0 Å². The minimum absolute atomic E-state index is 0.636. The molecule has 102 valence electrons. The van der Waals surface area contributed by atoms with E-state index in [1.165, 1.54) is 23.5 Å². The van der Waals surface area contributed by atoms with E-state index in [9.17, 15) is 0 Å². The Morgan fingerprint density at radius 3 is 2.89 bits per heavy atom. The maximum Gasteiger partial charge on any atom is 0.185 e. The van der Waals surface area contributed by atoms with Gasteiger partial charge in [0.15, 0.2) is 5.13 Å². The number of aryl methyl sites for hydroxylation is 1. The lowest BCUT2D eigenvalue weighted by atomic mass is 10.1. The third kappa shape index (κ3) is 3.16. The molecule has 1 aliphatic rings. The van der Waals surface area contributed by atoms with Crippen LogP contribution < -0.4 is 10.2 Å². The standard InChI is InChI=1S/C14H20N4S/c1-17-6-2-12(11-17)10-16-13-3-7-18(8-4-13)14-15-5-9-19-14/h2,5-6,9,11,13,16H,3-4,7-8,10H2,1H3. The first-order valence-corrected chi connectivity index (χ1v) is 7.68. The monoisotopic (exact) mass is 276 g/mol. The van der Waals surface area contributed by atoms with E-state index in [0.717, 1.165) is 19.6 Å². The topological polar surface area (TPSA) is 33.1 Å². The normalized spacial score (nSPS) is 17.0. The van der Waals surface area contributed by atoms with Gasteiger partial charge in [-0.1, -0.05) is 0 Å². The van der Waals surface area contributed by atoms with E-state index in [1.807, 2.05) is 6.20 Å². The van der Waals surface area contributed by atoms with Gasteiger partial charge in [-0.15, -0.1) is 11.3 Å². The van der Waals surface area contributed by atoms with Crippen molar-refractivity contribution in [1.82, 2.24) is 14.9 Å². The van der Waals surface area contributed by atoms with Gasteiger partial charge in [0.1, 0.15) is 0 Å². The molecular formula is C14H20N4S. The highest BCUT2D eigenvalue weighted by atomic mass is 32.1. The van der Waals surface area contributed by atoms with Gasteiger partial charge in [0.2, 0.25) is 0 Å². The molecule has 1 saturated heterocycles. The van der Waals surface area contributed by atoms with Crippen molar-refractivity contribution < 1.29 is 0 Å². The number of aromatic nitrogens is 2. The first-order valence-electron chi connectivity index (χ1n) is 6.80. The first kappa shape index (κ1) is 12.7. The SMILES string of the molecule is Cn1ccc(CNC2CCN(c3nccs3)CC2)c1. The zero-order chi connectivity index (χ0) is 13.1. The molecule has 0 unspecified atom stereocenters. The number of nitrogens with zero attached hydrogens (tertiary/aromatic N) is 3. The van der Waals surface area contributed by atoms with Crippen LogP contribution in [-0.2, 0) is 13.6 Å². The van der Waals surface area contributed by atoms with E-state index in [-0.39, 0.29) is 0 Å². The molecule has 19 heavy (non-hydrogen) atoms. The number of hydrogen-bond donors (Lipinski definition) is 1. The fraction of sp³-hybridized carbons (Fsp3) is 0.500. The second-order valence-electron chi connectivity index (χ2n) is 5.14. The summed E-state index contributed by atoms with van der Waals surface area (Å²) in [6, 6.07) is 2.81. The molecule has 0 atom stereocenters. The largest absolute Gasteiger partial charge is 0.357 e. The number of piperidine rings is 1. The number of nitrogens with one attached hydrogen (secondary N) is 1. The third-order valence-electron chi connectivity index (χ3n) is 3.67. The molecule has 3 rings (SSSR count). The van der Waals surface area contributed by atoms with E-state index in [1.54, 1.807) is 11.3 Å². The zero-order valence-electron chi connectivity index (χ0n) is 11.2. The maximum atomic E-state index is 4.38. The van der Waals surface area contributed by atoms with Crippen molar-refractivity contribution in [1.29, 1.82) is 0 Å². The van der Waals surface area contributed by atoms with Crippen LogP contribution in [0.5, 0.6) is 0 Å². The van der Waals surface area contributed by atoms with Gasteiger partial charge in [0.05, 0.1) is 0 Å². The molecule has 1 fully saturated rings.